The Bertz CT molecular complexity index is 953. The quantitative estimate of drug-likeness (QED) is 0.655. The molecule has 3 rings (SSSR count). The standard InChI is InChI=1S/C17H10FNO2S/c1-9-3-4-10(7-13(9)19-2)15-12-6-5-11(18)8-14(12)22-16(15)17(20)21/h3-8H,1H3,(H,20,21). The van der Waals surface area contributed by atoms with Crippen LogP contribution >= 0.6 is 11.3 Å². The molecule has 0 atom stereocenters. The Morgan fingerprint density at radius 3 is 2.73 bits per heavy atom. The SMILES string of the molecule is [C-]#[N+]c1cc(-c2c(C(=O)O)sc3cc(F)ccc23)ccc1C. The van der Waals surface area contributed by atoms with E-state index in [1.807, 2.05) is 6.92 Å². The molecule has 0 bridgehead atoms. The number of fused-ring (bicyclic) bond motifs is 1. The van der Waals surface area contributed by atoms with E-state index in [0.29, 0.717) is 26.9 Å². The van der Waals surface area contributed by atoms with Gasteiger partial charge in [-0.25, -0.2) is 14.0 Å². The molecule has 22 heavy (non-hydrogen) atoms. The first-order chi connectivity index (χ1) is 10.5. The molecule has 0 spiro atoms. The Morgan fingerprint density at radius 2 is 2.05 bits per heavy atom. The third-order valence-corrected chi connectivity index (χ3v) is 4.61. The topological polar surface area (TPSA) is 41.7 Å². The maximum Gasteiger partial charge on any atom is 0.346 e. The molecule has 2 aromatic carbocycles. The van der Waals surface area contributed by atoms with E-state index in [4.69, 9.17) is 6.57 Å². The van der Waals surface area contributed by atoms with Crippen molar-refractivity contribution in [3.63, 3.8) is 0 Å². The van der Waals surface area contributed by atoms with Gasteiger partial charge >= 0.3 is 5.97 Å². The minimum atomic E-state index is -1.05. The van der Waals surface area contributed by atoms with E-state index in [2.05, 4.69) is 4.85 Å². The average molecular weight is 311 g/mol. The van der Waals surface area contributed by atoms with Gasteiger partial charge in [0.2, 0.25) is 0 Å². The molecule has 1 N–H and O–H groups in total. The van der Waals surface area contributed by atoms with Crippen LogP contribution in [0.5, 0.6) is 0 Å². The highest BCUT2D eigenvalue weighted by molar-refractivity contribution is 7.21. The molecule has 0 saturated carbocycles. The van der Waals surface area contributed by atoms with E-state index in [-0.39, 0.29) is 4.88 Å². The van der Waals surface area contributed by atoms with E-state index in [0.717, 1.165) is 16.9 Å². The first-order valence-electron chi connectivity index (χ1n) is 6.45. The molecule has 0 aliphatic heterocycles. The fraction of sp³-hybridized carbons (Fsp3) is 0.0588. The average Bonchev–Trinajstić information content (AvgIpc) is 2.86. The number of hydrogen-bond acceptors (Lipinski definition) is 2. The van der Waals surface area contributed by atoms with Gasteiger partial charge in [-0.05, 0) is 42.3 Å². The summed E-state index contributed by atoms with van der Waals surface area (Å²) in [6, 6.07) is 9.50. The van der Waals surface area contributed by atoms with Crippen LogP contribution < -0.4 is 0 Å². The summed E-state index contributed by atoms with van der Waals surface area (Å²) in [4.78, 5) is 15.1. The smallest absolute Gasteiger partial charge is 0.346 e. The molecule has 5 heteroatoms. The van der Waals surface area contributed by atoms with Crippen molar-refractivity contribution in [2.24, 2.45) is 0 Å². The number of benzene rings is 2. The zero-order valence-electron chi connectivity index (χ0n) is 11.6. The number of thiophene rings is 1. The van der Waals surface area contributed by atoms with Crippen molar-refractivity contribution in [3.05, 3.63) is 64.1 Å². The molecule has 0 aliphatic rings. The van der Waals surface area contributed by atoms with Crippen molar-refractivity contribution in [1.29, 1.82) is 0 Å². The summed E-state index contributed by atoms with van der Waals surface area (Å²) in [5, 5.41) is 10.1. The molecule has 1 heterocycles. The van der Waals surface area contributed by atoms with Gasteiger partial charge in [-0.15, -0.1) is 11.3 Å². The minimum Gasteiger partial charge on any atom is -0.477 e. The molecule has 3 nitrogen and oxygen atoms in total. The van der Waals surface area contributed by atoms with Crippen LogP contribution in [0.1, 0.15) is 15.2 Å². The number of carbonyl (C=O) groups is 1. The number of aromatic carboxylic acids is 1. The molecule has 108 valence electrons. The lowest BCUT2D eigenvalue weighted by molar-refractivity contribution is 0.0703. The summed E-state index contributed by atoms with van der Waals surface area (Å²) in [7, 11) is 0. The Labute approximate surface area is 130 Å². The van der Waals surface area contributed by atoms with Gasteiger partial charge in [0.05, 0.1) is 6.57 Å². The molecule has 0 aliphatic carbocycles. The summed E-state index contributed by atoms with van der Waals surface area (Å²) >= 11 is 1.04. The zero-order chi connectivity index (χ0) is 15.9. The largest absolute Gasteiger partial charge is 0.477 e. The van der Waals surface area contributed by atoms with E-state index < -0.39 is 11.8 Å². The fourth-order valence-corrected chi connectivity index (χ4v) is 3.48. The number of rotatable bonds is 2. The lowest BCUT2D eigenvalue weighted by Crippen LogP contribution is -1.94. The number of aryl methyl sites for hydroxylation is 1. The molecular weight excluding hydrogens is 301 g/mol. The highest BCUT2D eigenvalue weighted by Gasteiger charge is 2.20. The van der Waals surface area contributed by atoms with E-state index >= 15 is 0 Å². The first-order valence-corrected chi connectivity index (χ1v) is 7.26. The van der Waals surface area contributed by atoms with E-state index in [1.54, 1.807) is 24.3 Å². The van der Waals surface area contributed by atoms with Crippen LogP contribution in [0.3, 0.4) is 0 Å². The van der Waals surface area contributed by atoms with Crippen LogP contribution in [0.25, 0.3) is 26.1 Å². The van der Waals surface area contributed by atoms with Crippen molar-refractivity contribution in [2.45, 2.75) is 6.92 Å². The van der Waals surface area contributed by atoms with Crippen molar-refractivity contribution in [1.82, 2.24) is 0 Å². The zero-order valence-corrected chi connectivity index (χ0v) is 12.4. The summed E-state index contributed by atoms with van der Waals surface area (Å²) in [6.45, 7) is 9.03. The van der Waals surface area contributed by atoms with Crippen LogP contribution in [-0.2, 0) is 0 Å². The number of carboxylic acid groups (broad SMARTS) is 1. The van der Waals surface area contributed by atoms with Crippen molar-refractivity contribution in [3.8, 4) is 11.1 Å². The van der Waals surface area contributed by atoms with Gasteiger partial charge in [-0.1, -0.05) is 12.1 Å². The van der Waals surface area contributed by atoms with Gasteiger partial charge in [0, 0.05) is 15.6 Å². The maximum atomic E-state index is 13.4. The second-order valence-electron chi connectivity index (χ2n) is 4.86. The van der Waals surface area contributed by atoms with Crippen molar-refractivity contribution < 1.29 is 14.3 Å². The van der Waals surface area contributed by atoms with E-state index in [9.17, 15) is 14.3 Å². The Morgan fingerprint density at radius 1 is 1.27 bits per heavy atom. The number of halogens is 1. The summed E-state index contributed by atoms with van der Waals surface area (Å²) in [5.74, 6) is -1.45. The van der Waals surface area contributed by atoms with Crippen molar-refractivity contribution >= 4 is 33.1 Å². The first kappa shape index (κ1) is 14.2. The fourth-order valence-electron chi connectivity index (χ4n) is 2.39. The molecule has 0 fully saturated rings. The van der Waals surface area contributed by atoms with Crippen molar-refractivity contribution in [2.75, 3.05) is 0 Å². The monoisotopic (exact) mass is 311 g/mol. The van der Waals surface area contributed by atoms with Crippen LogP contribution in [-0.4, -0.2) is 11.1 Å². The van der Waals surface area contributed by atoms with Crippen LogP contribution in [0, 0.1) is 19.3 Å². The molecule has 0 radical (unpaired) electrons. The maximum absolute atomic E-state index is 13.4. The van der Waals surface area contributed by atoms with Gasteiger partial charge in [0.1, 0.15) is 10.7 Å². The van der Waals surface area contributed by atoms with Gasteiger partial charge < -0.3 is 5.11 Å². The number of hydrogen-bond donors (Lipinski definition) is 1. The van der Waals surface area contributed by atoms with Crippen LogP contribution in [0.4, 0.5) is 10.1 Å². The summed E-state index contributed by atoms with van der Waals surface area (Å²) in [6.07, 6.45) is 0. The highest BCUT2D eigenvalue weighted by Crippen LogP contribution is 2.40. The Balaban J connectivity index is 2.36. The third-order valence-electron chi connectivity index (χ3n) is 3.46. The van der Waals surface area contributed by atoms with Gasteiger partial charge in [-0.3, -0.25) is 0 Å². The van der Waals surface area contributed by atoms with Gasteiger partial charge in [-0.2, -0.15) is 0 Å². The predicted octanol–water partition coefficient (Wildman–Crippen LogP) is 5.26. The van der Waals surface area contributed by atoms with E-state index in [1.165, 1.54) is 12.1 Å². The number of nitrogens with zero attached hydrogens (tertiary/aromatic N) is 1. The van der Waals surface area contributed by atoms with Crippen LogP contribution in [0.15, 0.2) is 36.4 Å². The predicted molar refractivity (Wildman–Crippen MR) is 85.2 cm³/mol. The van der Waals surface area contributed by atoms with Gasteiger partial charge in [0.25, 0.3) is 0 Å². The second kappa shape index (κ2) is 5.24. The Hall–Kier alpha value is -2.71. The molecule has 3 aromatic rings. The third kappa shape index (κ3) is 2.24. The van der Waals surface area contributed by atoms with Gasteiger partial charge in [0.15, 0.2) is 5.69 Å². The molecule has 0 saturated heterocycles. The Kier molecular flexibility index (Phi) is 3.39. The lowest BCUT2D eigenvalue weighted by Gasteiger charge is -2.05. The normalized spacial score (nSPS) is 10.6. The lowest BCUT2D eigenvalue weighted by atomic mass is 9.99. The second-order valence-corrected chi connectivity index (χ2v) is 5.92. The number of carboxylic acids is 1. The van der Waals surface area contributed by atoms with Crippen LogP contribution in [0.2, 0.25) is 0 Å². The minimum absolute atomic E-state index is 0.153. The summed E-state index contributed by atoms with van der Waals surface area (Å²) in [5.41, 5.74) is 2.51. The molecule has 0 amide bonds. The highest BCUT2D eigenvalue weighted by atomic mass is 32.1. The molecule has 0 unspecified atom stereocenters. The molecular formula is C17H10FNO2S. The molecule has 1 aromatic heterocycles. The summed E-state index contributed by atoms with van der Waals surface area (Å²) < 4.78 is 14.0.